The van der Waals surface area contributed by atoms with E-state index in [1.54, 1.807) is 0 Å². The van der Waals surface area contributed by atoms with E-state index >= 15 is 0 Å². The molecular weight excluding hydrogens is 452 g/mol. The fraction of sp³-hybridized carbons (Fsp3) is 0.391. The average molecular weight is 475 g/mol. The van der Waals surface area contributed by atoms with Gasteiger partial charge in [-0.05, 0) is 50.2 Å². The molecule has 1 saturated heterocycles. The van der Waals surface area contributed by atoms with Gasteiger partial charge in [0, 0.05) is 28.1 Å². The quantitative estimate of drug-likeness (QED) is 0.501. The van der Waals surface area contributed by atoms with Crippen molar-refractivity contribution >= 4 is 61.2 Å². The van der Waals surface area contributed by atoms with Crippen molar-refractivity contribution in [1.29, 1.82) is 0 Å². The minimum atomic E-state index is -0.266. The van der Waals surface area contributed by atoms with Crippen LogP contribution in [0, 0.1) is 0 Å². The van der Waals surface area contributed by atoms with Gasteiger partial charge in [0.15, 0.2) is 0 Å². The Morgan fingerprint density at radius 1 is 1.10 bits per heavy atom. The summed E-state index contributed by atoms with van der Waals surface area (Å²) < 4.78 is 6.60. The number of halogens is 1. The molecule has 1 aliphatic carbocycles. The maximum atomic E-state index is 13.1. The predicted octanol–water partition coefficient (Wildman–Crippen LogP) is 5.66. The van der Waals surface area contributed by atoms with Gasteiger partial charge in [-0.15, -0.1) is 22.7 Å². The number of ether oxygens (including phenoxy) is 1. The Morgan fingerprint density at radius 3 is 2.74 bits per heavy atom. The molecule has 2 amide bonds. The fourth-order valence-corrected chi connectivity index (χ4v) is 7.01. The van der Waals surface area contributed by atoms with Crippen LogP contribution in [0.25, 0.3) is 10.1 Å². The number of nitrogens with one attached hydrogen (secondary N) is 2. The Labute approximate surface area is 193 Å². The topological polar surface area (TPSA) is 67.4 Å². The first-order valence-electron chi connectivity index (χ1n) is 10.6. The Hall–Kier alpha value is -1.93. The molecule has 0 spiro atoms. The van der Waals surface area contributed by atoms with Crippen LogP contribution in [0.1, 0.15) is 56.2 Å². The lowest BCUT2D eigenvalue weighted by Gasteiger charge is -2.15. The average Bonchev–Trinajstić information content (AvgIpc) is 3.50. The first-order chi connectivity index (χ1) is 15.1. The summed E-state index contributed by atoms with van der Waals surface area (Å²) in [7, 11) is 0. The summed E-state index contributed by atoms with van der Waals surface area (Å²) in [6.07, 6.45) is 6.07. The number of fused-ring (bicyclic) bond motifs is 2. The van der Waals surface area contributed by atoms with Crippen LogP contribution in [0.5, 0.6) is 0 Å². The maximum Gasteiger partial charge on any atom is 0.267 e. The van der Waals surface area contributed by atoms with E-state index in [1.165, 1.54) is 27.6 Å². The van der Waals surface area contributed by atoms with Gasteiger partial charge in [0.25, 0.3) is 11.8 Å². The minimum absolute atomic E-state index is 0.0776. The van der Waals surface area contributed by atoms with Crippen LogP contribution in [-0.4, -0.2) is 31.1 Å². The van der Waals surface area contributed by atoms with Gasteiger partial charge in [-0.1, -0.05) is 29.8 Å². The van der Waals surface area contributed by atoms with E-state index in [2.05, 4.69) is 10.6 Å². The third kappa shape index (κ3) is 4.12. The first-order valence-corrected chi connectivity index (χ1v) is 12.7. The number of carbonyl (C=O) groups is 2. The van der Waals surface area contributed by atoms with Gasteiger partial charge in [-0.25, -0.2) is 0 Å². The third-order valence-electron chi connectivity index (χ3n) is 5.88. The largest absolute Gasteiger partial charge is 0.376 e. The van der Waals surface area contributed by atoms with Crippen molar-refractivity contribution in [3.63, 3.8) is 0 Å². The number of aryl methyl sites for hydroxylation is 1. The maximum absolute atomic E-state index is 13.1. The van der Waals surface area contributed by atoms with E-state index in [1.807, 2.05) is 24.3 Å². The summed E-state index contributed by atoms with van der Waals surface area (Å²) in [6, 6.07) is 7.71. The summed E-state index contributed by atoms with van der Waals surface area (Å²) in [5.41, 5.74) is 1.70. The number of carbonyl (C=O) groups excluding carboxylic acids is 2. The van der Waals surface area contributed by atoms with Gasteiger partial charge in [0.1, 0.15) is 9.88 Å². The Bertz CT molecular complexity index is 1150. The number of hydrogen-bond acceptors (Lipinski definition) is 5. The lowest BCUT2D eigenvalue weighted by Crippen LogP contribution is -2.32. The molecule has 3 aromatic rings. The molecular formula is C23H23ClN2O3S2. The van der Waals surface area contributed by atoms with Gasteiger partial charge in [-0.3, -0.25) is 9.59 Å². The molecule has 1 aliphatic heterocycles. The van der Waals surface area contributed by atoms with E-state index in [0.29, 0.717) is 27.0 Å². The molecule has 0 bridgehead atoms. The molecule has 31 heavy (non-hydrogen) atoms. The van der Waals surface area contributed by atoms with E-state index < -0.39 is 0 Å². The number of anilines is 1. The van der Waals surface area contributed by atoms with Gasteiger partial charge in [0.05, 0.1) is 16.7 Å². The Balaban J connectivity index is 1.42. The number of thiophene rings is 2. The lowest BCUT2D eigenvalue weighted by molar-refractivity contribution is 0.0858. The van der Waals surface area contributed by atoms with E-state index in [4.69, 9.17) is 16.3 Å². The normalized spacial score (nSPS) is 18.2. The molecule has 0 unspecified atom stereocenters. The van der Waals surface area contributed by atoms with Gasteiger partial charge in [0.2, 0.25) is 0 Å². The zero-order chi connectivity index (χ0) is 21.4. The van der Waals surface area contributed by atoms with E-state index in [0.717, 1.165) is 60.8 Å². The fourth-order valence-electron chi connectivity index (χ4n) is 4.31. The highest BCUT2D eigenvalue weighted by Crippen LogP contribution is 2.40. The summed E-state index contributed by atoms with van der Waals surface area (Å²) in [5.74, 6) is -0.398. The summed E-state index contributed by atoms with van der Waals surface area (Å²) in [6.45, 7) is 1.25. The lowest BCUT2D eigenvalue weighted by atomic mass is 9.95. The zero-order valence-corrected chi connectivity index (χ0v) is 19.4. The molecule has 1 atom stereocenters. The molecule has 2 N–H and O–H groups in total. The van der Waals surface area contributed by atoms with Crippen molar-refractivity contribution < 1.29 is 14.3 Å². The number of hydrogen-bond donors (Lipinski definition) is 2. The molecule has 0 radical (unpaired) electrons. The van der Waals surface area contributed by atoms with Crippen molar-refractivity contribution in [2.45, 2.75) is 44.6 Å². The van der Waals surface area contributed by atoms with Crippen molar-refractivity contribution in [2.24, 2.45) is 0 Å². The molecule has 5 rings (SSSR count). The van der Waals surface area contributed by atoms with Crippen LogP contribution in [0.4, 0.5) is 5.00 Å². The molecule has 3 heterocycles. The van der Waals surface area contributed by atoms with Gasteiger partial charge < -0.3 is 15.4 Å². The van der Waals surface area contributed by atoms with Crippen LogP contribution in [0.3, 0.4) is 0 Å². The monoisotopic (exact) mass is 474 g/mol. The summed E-state index contributed by atoms with van der Waals surface area (Å²) in [5, 5.41) is 8.00. The molecule has 5 nitrogen and oxygen atoms in total. The molecule has 1 aromatic carbocycles. The second kappa shape index (κ2) is 8.90. The van der Waals surface area contributed by atoms with Crippen LogP contribution in [0.2, 0.25) is 5.02 Å². The molecule has 162 valence electrons. The van der Waals surface area contributed by atoms with Gasteiger partial charge in [-0.2, -0.15) is 0 Å². The predicted molar refractivity (Wildman–Crippen MR) is 127 cm³/mol. The first kappa shape index (κ1) is 20.9. The molecule has 0 saturated carbocycles. The highest BCUT2D eigenvalue weighted by atomic mass is 35.5. The third-order valence-corrected chi connectivity index (χ3v) is 8.76. The van der Waals surface area contributed by atoms with Crippen molar-refractivity contribution in [1.82, 2.24) is 5.32 Å². The number of rotatable bonds is 5. The van der Waals surface area contributed by atoms with Crippen molar-refractivity contribution in [2.75, 3.05) is 18.5 Å². The van der Waals surface area contributed by atoms with Gasteiger partial charge >= 0.3 is 0 Å². The number of amides is 2. The van der Waals surface area contributed by atoms with Crippen molar-refractivity contribution in [3.8, 4) is 0 Å². The van der Waals surface area contributed by atoms with E-state index in [9.17, 15) is 9.59 Å². The summed E-state index contributed by atoms with van der Waals surface area (Å²) in [4.78, 5) is 27.9. The zero-order valence-electron chi connectivity index (χ0n) is 17.0. The SMILES string of the molecule is O=C(Nc1sc2c(c1C(=O)NC[C@@H]1CCCO1)CCCC2)c1sc2ccccc2c1Cl. The summed E-state index contributed by atoms with van der Waals surface area (Å²) >= 11 is 9.40. The Kier molecular flexibility index (Phi) is 6.01. The highest BCUT2D eigenvalue weighted by molar-refractivity contribution is 7.22. The van der Waals surface area contributed by atoms with E-state index in [-0.39, 0.29) is 17.9 Å². The van der Waals surface area contributed by atoms with Crippen LogP contribution in [0.15, 0.2) is 24.3 Å². The Morgan fingerprint density at radius 2 is 1.94 bits per heavy atom. The second-order valence-electron chi connectivity index (χ2n) is 7.96. The highest BCUT2D eigenvalue weighted by Gasteiger charge is 2.28. The van der Waals surface area contributed by atoms with Crippen LogP contribution >= 0.6 is 34.3 Å². The number of benzene rings is 1. The van der Waals surface area contributed by atoms with Crippen LogP contribution < -0.4 is 10.6 Å². The second-order valence-corrected chi connectivity index (χ2v) is 10.5. The smallest absolute Gasteiger partial charge is 0.267 e. The standard InChI is InChI=1S/C23H23ClN2O3S2/c24-19-15-8-2-4-10-17(15)30-20(19)22(28)26-23-18(14-7-1-3-9-16(14)31-23)21(27)25-12-13-6-5-11-29-13/h2,4,8,10,13H,1,3,5-7,9,11-12H2,(H,25,27)(H,26,28)/t13-/m0/s1. The van der Waals surface area contributed by atoms with Crippen molar-refractivity contribution in [3.05, 3.63) is 50.2 Å². The minimum Gasteiger partial charge on any atom is -0.376 e. The molecule has 8 heteroatoms. The molecule has 2 aromatic heterocycles. The molecule has 1 fully saturated rings. The molecule has 2 aliphatic rings. The van der Waals surface area contributed by atoms with Crippen LogP contribution in [-0.2, 0) is 17.6 Å².